The van der Waals surface area contributed by atoms with Crippen LogP contribution in [-0.4, -0.2) is 48.3 Å². The van der Waals surface area contributed by atoms with Gasteiger partial charge in [0, 0.05) is 13.1 Å². The van der Waals surface area contributed by atoms with Crippen LogP contribution in [0.4, 0.5) is 17.6 Å². The average molecular weight is 335 g/mol. The molecule has 9 heteroatoms. The lowest BCUT2D eigenvalue weighted by Crippen LogP contribution is -2.34. The molecular weight excluding hydrogens is 322 g/mol. The van der Waals surface area contributed by atoms with Crippen LogP contribution in [0.2, 0.25) is 0 Å². The minimum Gasteiger partial charge on any atom is -0.494 e. The number of carboxylic acids is 1. The van der Waals surface area contributed by atoms with E-state index in [1.165, 1.54) is 19.2 Å². The van der Waals surface area contributed by atoms with Gasteiger partial charge in [0.15, 0.2) is 11.6 Å². The van der Waals surface area contributed by atoms with E-state index in [1.54, 1.807) is 0 Å². The number of benzene rings is 1. The van der Waals surface area contributed by atoms with Gasteiger partial charge in [-0.2, -0.15) is 13.2 Å². The van der Waals surface area contributed by atoms with Crippen molar-refractivity contribution < 1.29 is 37.0 Å². The number of carboxylic acid groups (broad SMARTS) is 1. The average Bonchev–Trinajstić information content (AvgIpc) is 2.92. The molecule has 1 fully saturated rings. The van der Waals surface area contributed by atoms with Crippen molar-refractivity contribution in [1.29, 1.82) is 0 Å². The lowest BCUT2D eigenvalue weighted by Gasteiger charge is -2.18. The summed E-state index contributed by atoms with van der Waals surface area (Å²) in [6.07, 6.45) is -4.76. The van der Waals surface area contributed by atoms with E-state index in [4.69, 9.17) is 9.84 Å². The highest BCUT2D eigenvalue weighted by atomic mass is 19.4. The standard InChI is InChI=1S/C14H13F4NO4/c1-23-10-4-2-3-7(11(10)15)12(20)19-5-8(13(21)22)9(6-19)14(16,17)18/h2-4,8-9H,5-6H2,1H3,(H,21,22)/t8-,9-/m1/s1. The van der Waals surface area contributed by atoms with Gasteiger partial charge in [-0.25, -0.2) is 4.39 Å². The normalized spacial score (nSPS) is 21.3. The number of rotatable bonds is 3. The molecule has 1 saturated heterocycles. The lowest BCUT2D eigenvalue weighted by molar-refractivity contribution is -0.187. The van der Waals surface area contributed by atoms with Gasteiger partial charge in [-0.15, -0.1) is 0 Å². The maximum atomic E-state index is 14.1. The Morgan fingerprint density at radius 3 is 2.43 bits per heavy atom. The third-order valence-corrected chi connectivity index (χ3v) is 3.76. The first-order valence-corrected chi connectivity index (χ1v) is 6.58. The van der Waals surface area contributed by atoms with Gasteiger partial charge in [0.2, 0.25) is 0 Å². The van der Waals surface area contributed by atoms with Crippen LogP contribution >= 0.6 is 0 Å². The summed E-state index contributed by atoms with van der Waals surface area (Å²) in [5, 5.41) is 8.92. The number of carbonyl (C=O) groups is 2. The van der Waals surface area contributed by atoms with Crippen LogP contribution in [0.15, 0.2) is 18.2 Å². The van der Waals surface area contributed by atoms with E-state index in [0.29, 0.717) is 4.90 Å². The van der Waals surface area contributed by atoms with Gasteiger partial charge < -0.3 is 14.7 Å². The lowest BCUT2D eigenvalue weighted by atomic mass is 9.96. The molecule has 0 radical (unpaired) electrons. The van der Waals surface area contributed by atoms with E-state index < -0.39 is 54.4 Å². The van der Waals surface area contributed by atoms with Crippen molar-refractivity contribution in [3.63, 3.8) is 0 Å². The first-order chi connectivity index (χ1) is 10.7. The minimum atomic E-state index is -4.76. The maximum absolute atomic E-state index is 14.1. The van der Waals surface area contributed by atoms with Crippen LogP contribution in [0.3, 0.4) is 0 Å². The number of alkyl halides is 3. The second-order valence-electron chi connectivity index (χ2n) is 5.12. The maximum Gasteiger partial charge on any atom is 0.394 e. The molecule has 0 aliphatic carbocycles. The summed E-state index contributed by atoms with van der Waals surface area (Å²) in [4.78, 5) is 23.9. The van der Waals surface area contributed by atoms with Gasteiger partial charge in [-0.05, 0) is 12.1 Å². The van der Waals surface area contributed by atoms with Gasteiger partial charge >= 0.3 is 12.1 Å². The molecule has 1 aliphatic rings. The third-order valence-electron chi connectivity index (χ3n) is 3.76. The molecule has 23 heavy (non-hydrogen) atoms. The fourth-order valence-corrected chi connectivity index (χ4v) is 2.56. The summed E-state index contributed by atoms with van der Waals surface area (Å²) < 4.78 is 57.5. The van der Waals surface area contributed by atoms with Crippen molar-refractivity contribution in [3.05, 3.63) is 29.6 Å². The number of amides is 1. The predicted molar refractivity (Wildman–Crippen MR) is 69.5 cm³/mol. The molecule has 126 valence electrons. The Hall–Kier alpha value is -2.32. The molecule has 5 nitrogen and oxygen atoms in total. The topological polar surface area (TPSA) is 66.8 Å². The first-order valence-electron chi connectivity index (χ1n) is 6.58. The Morgan fingerprint density at radius 1 is 1.30 bits per heavy atom. The fourth-order valence-electron chi connectivity index (χ4n) is 2.56. The van der Waals surface area contributed by atoms with E-state index in [0.717, 1.165) is 6.07 Å². The van der Waals surface area contributed by atoms with Gasteiger partial charge in [-0.1, -0.05) is 6.07 Å². The van der Waals surface area contributed by atoms with Crippen molar-refractivity contribution in [1.82, 2.24) is 4.90 Å². The second kappa shape index (κ2) is 6.05. The molecule has 0 spiro atoms. The van der Waals surface area contributed by atoms with Crippen LogP contribution in [0.1, 0.15) is 10.4 Å². The van der Waals surface area contributed by atoms with E-state index in [2.05, 4.69) is 0 Å². The van der Waals surface area contributed by atoms with Crippen molar-refractivity contribution in [2.45, 2.75) is 6.18 Å². The van der Waals surface area contributed by atoms with E-state index in [9.17, 15) is 27.2 Å². The fraction of sp³-hybridized carbons (Fsp3) is 0.429. The Bertz CT molecular complexity index is 632. The van der Waals surface area contributed by atoms with Crippen LogP contribution in [0.5, 0.6) is 5.75 Å². The van der Waals surface area contributed by atoms with Gasteiger partial charge in [0.05, 0.1) is 24.5 Å². The molecule has 1 aromatic carbocycles. The zero-order valence-corrected chi connectivity index (χ0v) is 11.9. The first kappa shape index (κ1) is 17.0. The largest absolute Gasteiger partial charge is 0.494 e. The minimum absolute atomic E-state index is 0.225. The number of halogens is 4. The van der Waals surface area contributed by atoms with Crippen LogP contribution in [0, 0.1) is 17.7 Å². The number of hydrogen-bond acceptors (Lipinski definition) is 3. The molecule has 1 heterocycles. The zero-order valence-electron chi connectivity index (χ0n) is 11.9. The monoisotopic (exact) mass is 335 g/mol. The summed E-state index contributed by atoms with van der Waals surface area (Å²) in [5.74, 6) is -7.82. The SMILES string of the molecule is COc1cccc(C(=O)N2C[C@@H](C(F)(F)F)[C@H](C(=O)O)C2)c1F. The second-order valence-corrected chi connectivity index (χ2v) is 5.12. The number of likely N-dealkylation sites (tertiary alicyclic amines) is 1. The van der Waals surface area contributed by atoms with Crippen molar-refractivity contribution >= 4 is 11.9 Å². The Labute approximate surface area is 128 Å². The quantitative estimate of drug-likeness (QED) is 0.860. The van der Waals surface area contributed by atoms with E-state index in [-0.39, 0.29) is 5.75 Å². The molecular formula is C14H13F4NO4. The smallest absolute Gasteiger partial charge is 0.394 e. The van der Waals surface area contributed by atoms with Gasteiger partial charge in [0.25, 0.3) is 5.91 Å². The zero-order chi connectivity index (χ0) is 17.4. The van der Waals surface area contributed by atoms with E-state index in [1.807, 2.05) is 0 Å². The Kier molecular flexibility index (Phi) is 4.49. The molecule has 1 N–H and O–H groups in total. The van der Waals surface area contributed by atoms with E-state index >= 15 is 0 Å². The molecule has 2 rings (SSSR count). The Balaban J connectivity index is 2.30. The van der Waals surface area contributed by atoms with Crippen molar-refractivity contribution in [3.8, 4) is 5.75 Å². The molecule has 0 bridgehead atoms. The summed E-state index contributed by atoms with van der Waals surface area (Å²) in [7, 11) is 1.18. The molecule has 1 aromatic rings. The molecule has 2 atom stereocenters. The molecule has 1 aliphatic heterocycles. The highest BCUT2D eigenvalue weighted by Crippen LogP contribution is 2.38. The van der Waals surface area contributed by atoms with Crippen LogP contribution in [-0.2, 0) is 4.79 Å². The Morgan fingerprint density at radius 2 is 1.96 bits per heavy atom. The van der Waals surface area contributed by atoms with Crippen molar-refractivity contribution in [2.24, 2.45) is 11.8 Å². The number of nitrogens with zero attached hydrogens (tertiary/aromatic N) is 1. The van der Waals surface area contributed by atoms with Gasteiger partial charge in [-0.3, -0.25) is 9.59 Å². The summed E-state index contributed by atoms with van der Waals surface area (Å²) in [5.41, 5.74) is -0.462. The molecule has 0 aromatic heterocycles. The number of ether oxygens (including phenoxy) is 1. The number of methoxy groups -OCH3 is 1. The number of carbonyl (C=O) groups excluding carboxylic acids is 1. The number of aliphatic carboxylic acids is 1. The van der Waals surface area contributed by atoms with Crippen LogP contribution < -0.4 is 4.74 Å². The summed E-state index contributed by atoms with van der Waals surface area (Å²) in [6.45, 7) is -1.45. The molecule has 1 amide bonds. The number of hydrogen-bond donors (Lipinski definition) is 1. The van der Waals surface area contributed by atoms with Gasteiger partial charge in [0.1, 0.15) is 0 Å². The van der Waals surface area contributed by atoms with Crippen molar-refractivity contribution in [2.75, 3.05) is 20.2 Å². The molecule has 0 unspecified atom stereocenters. The summed E-state index contributed by atoms with van der Waals surface area (Å²) in [6, 6.07) is 3.69. The molecule has 0 saturated carbocycles. The predicted octanol–water partition coefficient (Wildman–Crippen LogP) is 2.17. The van der Waals surface area contributed by atoms with Crippen LogP contribution in [0.25, 0.3) is 0 Å². The highest BCUT2D eigenvalue weighted by molar-refractivity contribution is 5.95. The highest BCUT2D eigenvalue weighted by Gasteiger charge is 2.53. The third kappa shape index (κ3) is 3.22. The summed E-state index contributed by atoms with van der Waals surface area (Å²) >= 11 is 0.